The van der Waals surface area contributed by atoms with E-state index in [-0.39, 0.29) is 5.92 Å². The normalized spacial score (nSPS) is 21.6. The zero-order chi connectivity index (χ0) is 14.1. The number of fused-ring (bicyclic) bond motifs is 1. The first-order chi connectivity index (χ1) is 9.69. The predicted molar refractivity (Wildman–Crippen MR) is 78.4 cm³/mol. The largest absolute Gasteiger partial charge is 0.343 e. The molecular formula is C16H25N3O. The van der Waals surface area contributed by atoms with Crippen molar-refractivity contribution in [1.29, 1.82) is 0 Å². The van der Waals surface area contributed by atoms with Crippen molar-refractivity contribution in [1.82, 2.24) is 14.5 Å². The van der Waals surface area contributed by atoms with Crippen LogP contribution in [-0.4, -0.2) is 33.4 Å². The van der Waals surface area contributed by atoms with Gasteiger partial charge in [0.1, 0.15) is 5.82 Å². The summed E-state index contributed by atoms with van der Waals surface area (Å²) < 4.78 is 2.25. The van der Waals surface area contributed by atoms with E-state index >= 15 is 0 Å². The van der Waals surface area contributed by atoms with Crippen LogP contribution in [0.4, 0.5) is 0 Å². The molecule has 2 aliphatic rings. The van der Waals surface area contributed by atoms with Gasteiger partial charge in [0.05, 0.1) is 0 Å². The molecule has 1 aliphatic heterocycles. The predicted octanol–water partition coefficient (Wildman–Crippen LogP) is 2.40. The number of hydrogen-bond donors (Lipinski definition) is 0. The van der Waals surface area contributed by atoms with Crippen LogP contribution in [0.2, 0.25) is 0 Å². The fourth-order valence-corrected chi connectivity index (χ4v) is 3.26. The van der Waals surface area contributed by atoms with Crippen molar-refractivity contribution >= 4 is 5.91 Å². The molecule has 0 N–H and O–H groups in total. The zero-order valence-corrected chi connectivity index (χ0v) is 12.6. The lowest BCUT2D eigenvalue weighted by atomic mass is 9.94. The first-order valence-corrected chi connectivity index (χ1v) is 7.98. The number of imidazole rings is 1. The van der Waals surface area contributed by atoms with Crippen LogP contribution in [-0.2, 0) is 17.8 Å². The lowest BCUT2D eigenvalue weighted by molar-refractivity contribution is -0.136. The molecule has 1 fully saturated rings. The summed E-state index contributed by atoms with van der Waals surface area (Å²) in [7, 11) is 0. The van der Waals surface area contributed by atoms with Crippen molar-refractivity contribution in [2.24, 2.45) is 11.8 Å². The molecule has 0 radical (unpaired) electrons. The molecule has 0 aromatic carbocycles. The Bertz CT molecular complexity index is 490. The van der Waals surface area contributed by atoms with Gasteiger partial charge in [0.15, 0.2) is 0 Å². The van der Waals surface area contributed by atoms with Gasteiger partial charge in [-0.25, -0.2) is 4.98 Å². The number of rotatable bonds is 5. The van der Waals surface area contributed by atoms with Crippen molar-refractivity contribution in [2.75, 3.05) is 13.1 Å². The summed E-state index contributed by atoms with van der Waals surface area (Å²) in [4.78, 5) is 19.1. The Hall–Kier alpha value is -1.32. The van der Waals surface area contributed by atoms with Crippen LogP contribution in [0.3, 0.4) is 0 Å². The number of amides is 1. The van der Waals surface area contributed by atoms with Gasteiger partial charge in [-0.05, 0) is 32.6 Å². The zero-order valence-electron chi connectivity index (χ0n) is 12.6. The number of carbonyl (C=O) groups excluding carboxylic acids is 1. The molecule has 1 aliphatic carbocycles. The second-order valence-electron chi connectivity index (χ2n) is 6.29. The molecular weight excluding hydrogens is 250 g/mol. The first kappa shape index (κ1) is 13.7. The molecule has 1 unspecified atom stereocenters. The maximum absolute atomic E-state index is 12.7. The molecule has 1 aromatic rings. The van der Waals surface area contributed by atoms with E-state index in [9.17, 15) is 4.79 Å². The van der Waals surface area contributed by atoms with Crippen molar-refractivity contribution in [3.05, 3.63) is 17.7 Å². The molecule has 1 atom stereocenters. The van der Waals surface area contributed by atoms with Gasteiger partial charge in [-0.3, -0.25) is 4.79 Å². The molecule has 2 heterocycles. The minimum atomic E-state index is 0.165. The number of hydrogen-bond acceptors (Lipinski definition) is 2. The van der Waals surface area contributed by atoms with Crippen molar-refractivity contribution in [2.45, 2.75) is 52.5 Å². The second-order valence-corrected chi connectivity index (χ2v) is 6.29. The minimum Gasteiger partial charge on any atom is -0.343 e. The quantitative estimate of drug-likeness (QED) is 0.827. The first-order valence-electron chi connectivity index (χ1n) is 7.98. The third kappa shape index (κ3) is 2.74. The molecule has 110 valence electrons. The van der Waals surface area contributed by atoms with Crippen LogP contribution in [0.1, 0.15) is 44.1 Å². The summed E-state index contributed by atoms with van der Waals surface area (Å²) in [5.41, 5.74) is 1.23. The maximum Gasteiger partial charge on any atom is 0.226 e. The van der Waals surface area contributed by atoms with E-state index in [4.69, 9.17) is 0 Å². The topological polar surface area (TPSA) is 38.1 Å². The van der Waals surface area contributed by atoms with Crippen LogP contribution < -0.4 is 0 Å². The third-order valence-electron chi connectivity index (χ3n) is 4.84. The average molecular weight is 275 g/mol. The van der Waals surface area contributed by atoms with Crippen LogP contribution >= 0.6 is 0 Å². The lowest BCUT2D eigenvalue weighted by Gasteiger charge is -2.29. The summed E-state index contributed by atoms with van der Waals surface area (Å²) in [5, 5.41) is 0. The van der Waals surface area contributed by atoms with E-state index < -0.39 is 0 Å². The number of nitrogens with zero attached hydrogens (tertiary/aromatic N) is 3. The lowest BCUT2D eigenvalue weighted by Crippen LogP contribution is -2.39. The fourth-order valence-electron chi connectivity index (χ4n) is 3.26. The Kier molecular flexibility index (Phi) is 3.81. The van der Waals surface area contributed by atoms with E-state index in [2.05, 4.69) is 21.4 Å². The van der Waals surface area contributed by atoms with Crippen molar-refractivity contribution in [3.8, 4) is 0 Å². The van der Waals surface area contributed by atoms with Crippen molar-refractivity contribution in [3.63, 3.8) is 0 Å². The van der Waals surface area contributed by atoms with E-state index in [1.807, 2.05) is 13.1 Å². The fraction of sp³-hybridized carbons (Fsp3) is 0.750. The van der Waals surface area contributed by atoms with Gasteiger partial charge in [-0.1, -0.05) is 12.8 Å². The Labute approximate surface area is 121 Å². The molecule has 1 amide bonds. The van der Waals surface area contributed by atoms with Crippen LogP contribution in [0.25, 0.3) is 0 Å². The van der Waals surface area contributed by atoms with E-state index in [1.165, 1.54) is 25.0 Å². The smallest absolute Gasteiger partial charge is 0.226 e. The summed E-state index contributed by atoms with van der Waals surface area (Å²) in [6, 6.07) is 0. The highest BCUT2D eigenvalue weighted by atomic mass is 16.2. The molecule has 0 saturated heterocycles. The van der Waals surface area contributed by atoms with E-state index in [0.717, 1.165) is 44.2 Å². The van der Waals surface area contributed by atoms with Crippen LogP contribution in [0, 0.1) is 18.8 Å². The molecule has 1 aromatic heterocycles. The van der Waals surface area contributed by atoms with Gasteiger partial charge in [0.2, 0.25) is 5.91 Å². The Morgan fingerprint density at radius 1 is 1.45 bits per heavy atom. The summed E-state index contributed by atoms with van der Waals surface area (Å²) in [6.45, 7) is 6.88. The second kappa shape index (κ2) is 5.58. The highest BCUT2D eigenvalue weighted by Crippen LogP contribution is 2.32. The molecule has 3 rings (SSSR count). The highest BCUT2D eigenvalue weighted by molar-refractivity contribution is 5.79. The molecule has 1 saturated carbocycles. The van der Waals surface area contributed by atoms with Crippen LogP contribution in [0.5, 0.6) is 0 Å². The van der Waals surface area contributed by atoms with Crippen LogP contribution in [0.15, 0.2) is 6.20 Å². The van der Waals surface area contributed by atoms with Gasteiger partial charge in [-0.15, -0.1) is 0 Å². The van der Waals surface area contributed by atoms with Crippen molar-refractivity contribution < 1.29 is 4.79 Å². The maximum atomic E-state index is 12.7. The average Bonchev–Trinajstić information content (AvgIpc) is 3.22. The third-order valence-corrected chi connectivity index (χ3v) is 4.84. The summed E-state index contributed by atoms with van der Waals surface area (Å²) in [6.07, 6.45) is 7.70. The summed E-state index contributed by atoms with van der Waals surface area (Å²) in [5.74, 6) is 2.50. The van der Waals surface area contributed by atoms with Gasteiger partial charge in [0.25, 0.3) is 0 Å². The SMILES string of the molecule is CCN(CCC1CC1)C(=O)C1CCn2c(cnc2C)C1. The molecule has 4 heteroatoms. The van der Waals surface area contributed by atoms with Gasteiger partial charge >= 0.3 is 0 Å². The number of carbonyl (C=O) groups is 1. The van der Waals surface area contributed by atoms with E-state index in [0.29, 0.717) is 5.91 Å². The molecule has 4 nitrogen and oxygen atoms in total. The Balaban J connectivity index is 1.61. The van der Waals surface area contributed by atoms with Gasteiger partial charge in [-0.2, -0.15) is 0 Å². The number of aromatic nitrogens is 2. The number of aryl methyl sites for hydroxylation is 1. The van der Waals surface area contributed by atoms with E-state index in [1.54, 1.807) is 0 Å². The minimum absolute atomic E-state index is 0.165. The molecule has 20 heavy (non-hydrogen) atoms. The Morgan fingerprint density at radius 2 is 2.25 bits per heavy atom. The standard InChI is InChI=1S/C16H25N3O/c1-3-18(8-6-13-4-5-13)16(20)14-7-9-19-12(2)17-11-15(19)10-14/h11,13-14H,3-10H2,1-2H3. The van der Waals surface area contributed by atoms with Gasteiger partial charge < -0.3 is 9.47 Å². The molecule has 0 spiro atoms. The Morgan fingerprint density at radius 3 is 2.95 bits per heavy atom. The molecule has 0 bridgehead atoms. The summed E-state index contributed by atoms with van der Waals surface area (Å²) >= 11 is 0. The highest BCUT2D eigenvalue weighted by Gasteiger charge is 2.30. The van der Waals surface area contributed by atoms with Gasteiger partial charge in [0, 0.05) is 43.9 Å². The monoisotopic (exact) mass is 275 g/mol.